The molecule has 0 atom stereocenters. The summed E-state index contributed by atoms with van der Waals surface area (Å²) in [5.74, 6) is 1.95. The Morgan fingerprint density at radius 1 is 0.522 bits per heavy atom. The van der Waals surface area contributed by atoms with Gasteiger partial charge in [0.25, 0.3) is 0 Å². The third-order valence-corrected chi connectivity index (χ3v) is 9.28. The molecule has 0 spiro atoms. The summed E-state index contributed by atoms with van der Waals surface area (Å²) in [6.07, 6.45) is 1.90. The number of nitrogens with zero attached hydrogens (tertiary/aromatic N) is 5. The van der Waals surface area contributed by atoms with Gasteiger partial charge in [-0.05, 0) is 47.5 Å². The van der Waals surface area contributed by atoms with Crippen LogP contribution in [0.3, 0.4) is 0 Å². The third-order valence-electron chi connectivity index (χ3n) is 9.28. The van der Waals surface area contributed by atoms with Crippen LogP contribution in [0.4, 0.5) is 0 Å². The zero-order valence-electron chi connectivity index (χ0n) is 25.5. The summed E-state index contributed by atoms with van der Waals surface area (Å²) in [4.78, 5) is 19.6. The van der Waals surface area contributed by atoms with E-state index in [-0.39, 0.29) is 5.41 Å². The van der Waals surface area contributed by atoms with Gasteiger partial charge in [-0.1, -0.05) is 111 Å². The predicted octanol–water partition coefficient (Wildman–Crippen LogP) is 9.67. The first kappa shape index (κ1) is 26.5. The second kappa shape index (κ2) is 10.0. The average Bonchev–Trinajstić information content (AvgIpc) is 3.57. The van der Waals surface area contributed by atoms with Crippen molar-refractivity contribution in [2.75, 3.05) is 0 Å². The molecule has 5 heteroatoms. The number of aromatic nitrogens is 5. The van der Waals surface area contributed by atoms with Crippen molar-refractivity contribution in [2.24, 2.45) is 0 Å². The van der Waals surface area contributed by atoms with Crippen molar-refractivity contribution in [2.45, 2.75) is 19.3 Å². The lowest BCUT2D eigenvalue weighted by Gasteiger charge is -2.23. The molecule has 0 aliphatic heterocycles. The van der Waals surface area contributed by atoms with Gasteiger partial charge in [-0.15, -0.1) is 0 Å². The molecule has 9 rings (SSSR count). The maximum Gasteiger partial charge on any atom is 0.164 e. The van der Waals surface area contributed by atoms with Crippen LogP contribution in [0.1, 0.15) is 25.0 Å². The van der Waals surface area contributed by atoms with Gasteiger partial charge in [0.05, 0.1) is 16.7 Å². The fraction of sp³-hybridized carbons (Fsp3) is 0.0732. The summed E-state index contributed by atoms with van der Waals surface area (Å²) in [5, 5.41) is 2.48. The lowest BCUT2D eigenvalue weighted by Crippen LogP contribution is -2.16. The number of pyridine rings is 1. The highest BCUT2D eigenvalue weighted by atomic mass is 15.0. The molecule has 0 radical (unpaired) electrons. The summed E-state index contributed by atoms with van der Waals surface area (Å²) in [5.41, 5.74) is 11.0. The van der Waals surface area contributed by atoms with Crippen LogP contribution in [0.2, 0.25) is 0 Å². The molecule has 0 fully saturated rings. The van der Waals surface area contributed by atoms with E-state index in [2.05, 4.69) is 85.1 Å². The van der Waals surface area contributed by atoms with Crippen LogP contribution in [0.15, 0.2) is 140 Å². The number of rotatable bonds is 4. The monoisotopic (exact) mass is 591 g/mol. The molecule has 5 nitrogen and oxygen atoms in total. The minimum atomic E-state index is -0.197. The lowest BCUT2D eigenvalue weighted by atomic mass is 9.81. The Hall–Kier alpha value is -5.94. The van der Waals surface area contributed by atoms with Gasteiger partial charge in [0.15, 0.2) is 17.5 Å². The molecule has 0 saturated carbocycles. The van der Waals surface area contributed by atoms with Crippen molar-refractivity contribution >= 4 is 21.8 Å². The van der Waals surface area contributed by atoms with Crippen LogP contribution in [0.25, 0.3) is 72.9 Å². The summed E-state index contributed by atoms with van der Waals surface area (Å²) >= 11 is 0. The smallest absolute Gasteiger partial charge is 0.164 e. The summed E-state index contributed by atoms with van der Waals surface area (Å²) in [6, 6.07) is 46.3. The Morgan fingerprint density at radius 3 is 1.76 bits per heavy atom. The Morgan fingerprint density at radius 2 is 1.11 bits per heavy atom. The highest BCUT2D eigenvalue weighted by molar-refractivity contribution is 6.13. The van der Waals surface area contributed by atoms with Gasteiger partial charge in [0.1, 0.15) is 0 Å². The van der Waals surface area contributed by atoms with Crippen LogP contribution < -0.4 is 0 Å². The SMILES string of the molecule is CC1(C)c2cccnc2-c2ccc3c4ccccc4n(-c4ccc(-c5nc(-c6ccccc6)nc(-c6ccccc6)n5)cc4)c3c21. The summed E-state index contributed by atoms with van der Waals surface area (Å²) in [6.45, 7) is 4.64. The number of hydrogen-bond acceptors (Lipinski definition) is 4. The average molecular weight is 592 g/mol. The van der Waals surface area contributed by atoms with Gasteiger partial charge in [-0.25, -0.2) is 15.0 Å². The van der Waals surface area contributed by atoms with Crippen LogP contribution in [-0.2, 0) is 5.41 Å². The minimum absolute atomic E-state index is 0.197. The molecule has 218 valence electrons. The van der Waals surface area contributed by atoms with E-state index in [1.165, 1.54) is 38.5 Å². The second-order valence-electron chi connectivity index (χ2n) is 12.3. The van der Waals surface area contributed by atoms with Crippen molar-refractivity contribution in [3.8, 4) is 51.1 Å². The molecule has 0 saturated heterocycles. The molecule has 0 amide bonds. The van der Waals surface area contributed by atoms with Crippen molar-refractivity contribution in [1.29, 1.82) is 0 Å². The minimum Gasteiger partial charge on any atom is -0.309 e. The normalized spacial score (nSPS) is 13.2. The van der Waals surface area contributed by atoms with Crippen molar-refractivity contribution in [3.63, 3.8) is 0 Å². The molecule has 0 unspecified atom stereocenters. The standard InChI is InChI=1S/C41H29N5/c1-41(2)33-17-11-25-42-36(33)32-24-23-31-30-16-9-10-18-34(30)46(37(31)35(32)41)29-21-19-28(20-22-29)40-44-38(26-12-5-3-6-13-26)43-39(45-40)27-14-7-4-8-15-27/h3-25H,1-2H3. The third kappa shape index (κ3) is 3.95. The van der Waals surface area contributed by atoms with Crippen LogP contribution >= 0.6 is 0 Å². The Bertz CT molecular complexity index is 2370. The van der Waals surface area contributed by atoms with Crippen LogP contribution in [-0.4, -0.2) is 24.5 Å². The lowest BCUT2D eigenvalue weighted by molar-refractivity contribution is 0.662. The van der Waals surface area contributed by atoms with Crippen molar-refractivity contribution < 1.29 is 0 Å². The summed E-state index contributed by atoms with van der Waals surface area (Å²) in [7, 11) is 0. The van der Waals surface area contributed by atoms with E-state index in [9.17, 15) is 0 Å². The number of hydrogen-bond donors (Lipinski definition) is 0. The van der Waals surface area contributed by atoms with E-state index in [0.717, 1.165) is 28.1 Å². The molecular formula is C41H29N5. The van der Waals surface area contributed by atoms with Gasteiger partial charge in [0.2, 0.25) is 0 Å². The quantitative estimate of drug-likeness (QED) is 0.204. The summed E-state index contributed by atoms with van der Waals surface area (Å²) < 4.78 is 2.42. The fourth-order valence-electron chi connectivity index (χ4n) is 7.11. The highest BCUT2D eigenvalue weighted by Gasteiger charge is 2.39. The van der Waals surface area contributed by atoms with Crippen LogP contribution in [0.5, 0.6) is 0 Å². The van der Waals surface area contributed by atoms with Gasteiger partial charge in [-0.3, -0.25) is 4.98 Å². The van der Waals surface area contributed by atoms with E-state index >= 15 is 0 Å². The van der Waals surface area contributed by atoms with Crippen LogP contribution in [0, 0.1) is 0 Å². The zero-order valence-corrected chi connectivity index (χ0v) is 25.5. The number of fused-ring (bicyclic) bond motifs is 7. The Balaban J connectivity index is 1.23. The van der Waals surface area contributed by atoms with E-state index in [1.807, 2.05) is 72.9 Å². The van der Waals surface area contributed by atoms with Crippen molar-refractivity contribution in [3.05, 3.63) is 151 Å². The molecule has 0 N–H and O–H groups in total. The van der Waals surface area contributed by atoms with Gasteiger partial charge in [-0.2, -0.15) is 0 Å². The first-order valence-corrected chi connectivity index (χ1v) is 15.6. The molecule has 3 heterocycles. The van der Waals surface area contributed by atoms with Gasteiger partial charge in [0, 0.05) is 50.3 Å². The maximum atomic E-state index is 4.94. The molecule has 8 aromatic rings. The highest BCUT2D eigenvalue weighted by Crippen LogP contribution is 2.52. The maximum absolute atomic E-state index is 4.94. The zero-order chi connectivity index (χ0) is 30.8. The number of para-hydroxylation sites is 1. The van der Waals surface area contributed by atoms with Gasteiger partial charge >= 0.3 is 0 Å². The molecule has 1 aliphatic carbocycles. The molecular weight excluding hydrogens is 562 g/mol. The first-order valence-electron chi connectivity index (χ1n) is 15.6. The van der Waals surface area contributed by atoms with E-state index in [4.69, 9.17) is 19.9 Å². The second-order valence-corrected chi connectivity index (χ2v) is 12.3. The van der Waals surface area contributed by atoms with Crippen molar-refractivity contribution in [1.82, 2.24) is 24.5 Å². The molecule has 1 aliphatic rings. The Kier molecular flexibility index (Phi) is 5.78. The largest absolute Gasteiger partial charge is 0.309 e. The van der Waals surface area contributed by atoms with Gasteiger partial charge < -0.3 is 4.57 Å². The van der Waals surface area contributed by atoms with E-state index < -0.39 is 0 Å². The Labute approximate surface area is 266 Å². The topological polar surface area (TPSA) is 56.5 Å². The molecule has 46 heavy (non-hydrogen) atoms. The molecule has 3 aromatic heterocycles. The fourth-order valence-corrected chi connectivity index (χ4v) is 7.11. The van der Waals surface area contributed by atoms with E-state index in [0.29, 0.717) is 17.5 Å². The molecule has 5 aromatic carbocycles. The first-order chi connectivity index (χ1) is 22.6. The number of benzene rings is 5. The molecule has 0 bridgehead atoms. The van der Waals surface area contributed by atoms with E-state index in [1.54, 1.807) is 0 Å². The predicted molar refractivity (Wildman–Crippen MR) is 186 cm³/mol.